The van der Waals surface area contributed by atoms with E-state index in [9.17, 15) is 18.0 Å². The van der Waals surface area contributed by atoms with Gasteiger partial charge in [0.1, 0.15) is 17.5 Å². The number of hydrogen-bond donors (Lipinski definition) is 2. The molecule has 1 aliphatic rings. The number of piperazine rings is 1. The van der Waals surface area contributed by atoms with Crippen LogP contribution in [0, 0.1) is 0 Å². The van der Waals surface area contributed by atoms with E-state index in [4.69, 9.17) is 9.47 Å². The first-order valence-corrected chi connectivity index (χ1v) is 8.45. The number of carbonyl (C=O) groups excluding carboxylic acids is 1. The number of hydrogen-bond acceptors (Lipinski definition) is 5. The van der Waals surface area contributed by atoms with Crippen LogP contribution >= 0.6 is 0 Å². The molecule has 1 saturated heterocycles. The first kappa shape index (κ1) is 20.3. The van der Waals surface area contributed by atoms with E-state index < -0.39 is 24.7 Å². The molecule has 146 valence electrons. The van der Waals surface area contributed by atoms with Crippen LogP contribution in [0.3, 0.4) is 0 Å². The summed E-state index contributed by atoms with van der Waals surface area (Å²) in [7, 11) is 1.55. The van der Waals surface area contributed by atoms with Crippen LogP contribution in [0.5, 0.6) is 11.5 Å². The van der Waals surface area contributed by atoms with Crippen LogP contribution < -0.4 is 20.1 Å². The summed E-state index contributed by atoms with van der Waals surface area (Å²) in [6, 6.07) is 5.16. The Bertz CT molecular complexity index is 561. The minimum absolute atomic E-state index is 0.0157. The average Bonchev–Trinajstić information content (AvgIpc) is 2.62. The Morgan fingerprint density at radius 1 is 1.23 bits per heavy atom. The zero-order valence-electron chi connectivity index (χ0n) is 14.6. The second kappa shape index (κ2) is 9.63. The maximum absolute atomic E-state index is 13.2. The lowest BCUT2D eigenvalue weighted by atomic mass is 10.2. The maximum Gasteiger partial charge on any atom is 0.405 e. The van der Waals surface area contributed by atoms with Crippen LogP contribution in [0.2, 0.25) is 0 Å². The fraction of sp³-hybridized carbons (Fsp3) is 0.588. The lowest BCUT2D eigenvalue weighted by Gasteiger charge is -2.35. The largest absolute Gasteiger partial charge is 0.497 e. The monoisotopic (exact) mass is 375 g/mol. The molecule has 0 aliphatic carbocycles. The Morgan fingerprint density at radius 3 is 2.42 bits per heavy atom. The van der Waals surface area contributed by atoms with Crippen molar-refractivity contribution in [2.45, 2.75) is 18.6 Å². The molecule has 1 heterocycles. The van der Waals surface area contributed by atoms with Gasteiger partial charge in [0, 0.05) is 32.7 Å². The van der Waals surface area contributed by atoms with Gasteiger partial charge in [-0.05, 0) is 24.3 Å². The molecule has 9 heteroatoms. The van der Waals surface area contributed by atoms with Gasteiger partial charge in [0.2, 0.25) is 5.91 Å². The number of carbonyl (C=O) groups is 1. The molecule has 2 rings (SSSR count). The molecular weight excluding hydrogens is 351 g/mol. The molecule has 6 nitrogen and oxygen atoms in total. The predicted molar refractivity (Wildman–Crippen MR) is 90.4 cm³/mol. The highest BCUT2D eigenvalue weighted by atomic mass is 19.4. The van der Waals surface area contributed by atoms with Crippen LogP contribution in [0.4, 0.5) is 13.2 Å². The lowest BCUT2D eigenvalue weighted by molar-refractivity contribution is -0.184. The quantitative estimate of drug-likeness (QED) is 0.720. The molecule has 1 unspecified atom stereocenters. The zero-order chi connectivity index (χ0) is 19.0. The molecule has 0 radical (unpaired) electrons. The van der Waals surface area contributed by atoms with Gasteiger partial charge < -0.3 is 20.1 Å². The molecular formula is C17H24F3N3O3. The molecule has 1 amide bonds. The van der Waals surface area contributed by atoms with Crippen LogP contribution in [-0.2, 0) is 4.79 Å². The Hall–Kier alpha value is -2.00. The first-order chi connectivity index (χ1) is 12.4. The van der Waals surface area contributed by atoms with E-state index in [0.717, 1.165) is 0 Å². The zero-order valence-corrected chi connectivity index (χ0v) is 14.6. The summed E-state index contributed by atoms with van der Waals surface area (Å²) in [6.45, 7) is 1.26. The highest BCUT2D eigenvalue weighted by Gasteiger charge is 2.43. The smallest absolute Gasteiger partial charge is 0.405 e. The van der Waals surface area contributed by atoms with Crippen LogP contribution in [-0.4, -0.2) is 69.5 Å². The average molecular weight is 375 g/mol. The third kappa shape index (κ3) is 6.38. The van der Waals surface area contributed by atoms with Crippen LogP contribution in [0.15, 0.2) is 24.3 Å². The van der Waals surface area contributed by atoms with Crippen LogP contribution in [0.25, 0.3) is 0 Å². The van der Waals surface area contributed by atoms with Crippen molar-refractivity contribution in [2.24, 2.45) is 0 Å². The topological polar surface area (TPSA) is 62.8 Å². The Labute approximate surface area is 150 Å². The maximum atomic E-state index is 13.2. The normalized spacial score (nSPS) is 16.8. The summed E-state index contributed by atoms with van der Waals surface area (Å²) >= 11 is 0. The summed E-state index contributed by atoms with van der Waals surface area (Å²) in [5.74, 6) is 0.775. The van der Waals surface area contributed by atoms with Crippen molar-refractivity contribution in [1.82, 2.24) is 15.5 Å². The molecule has 1 aromatic rings. The van der Waals surface area contributed by atoms with Crippen molar-refractivity contribution >= 4 is 5.91 Å². The Kier molecular flexibility index (Phi) is 7.52. The molecule has 1 aromatic carbocycles. The van der Waals surface area contributed by atoms with E-state index >= 15 is 0 Å². The fourth-order valence-corrected chi connectivity index (χ4v) is 2.68. The highest BCUT2D eigenvalue weighted by molar-refractivity contribution is 5.76. The molecule has 1 fully saturated rings. The second-order valence-corrected chi connectivity index (χ2v) is 5.92. The van der Waals surface area contributed by atoms with E-state index in [0.29, 0.717) is 37.7 Å². The third-order valence-corrected chi connectivity index (χ3v) is 4.12. The van der Waals surface area contributed by atoms with E-state index in [1.165, 1.54) is 4.90 Å². The predicted octanol–water partition coefficient (Wildman–Crippen LogP) is 1.42. The van der Waals surface area contributed by atoms with E-state index in [-0.39, 0.29) is 13.0 Å². The van der Waals surface area contributed by atoms with Crippen molar-refractivity contribution in [1.29, 1.82) is 0 Å². The van der Waals surface area contributed by atoms with E-state index in [1.807, 2.05) is 0 Å². The van der Waals surface area contributed by atoms with Crippen molar-refractivity contribution in [3.8, 4) is 11.5 Å². The number of benzene rings is 1. The molecule has 0 saturated carbocycles. The minimum Gasteiger partial charge on any atom is -0.497 e. The number of amides is 1. The lowest BCUT2D eigenvalue weighted by Crippen LogP contribution is -2.57. The molecule has 26 heavy (non-hydrogen) atoms. The standard InChI is InChI=1S/C17H24F3N3O3/c1-25-13-2-4-14(5-3-13)26-11-6-16(24)22-12-15(17(18,19)20)23-9-7-21-8-10-23/h2-5,15,21H,6-12H2,1H3,(H,22,24). The molecule has 2 N–H and O–H groups in total. The van der Waals surface area contributed by atoms with Crippen molar-refractivity contribution in [3.63, 3.8) is 0 Å². The number of methoxy groups -OCH3 is 1. The number of nitrogens with zero attached hydrogens (tertiary/aromatic N) is 1. The summed E-state index contributed by atoms with van der Waals surface area (Å²) in [6.07, 6.45) is -4.40. The van der Waals surface area contributed by atoms with Gasteiger partial charge in [-0.15, -0.1) is 0 Å². The number of nitrogens with one attached hydrogen (secondary N) is 2. The Balaban J connectivity index is 1.74. The first-order valence-electron chi connectivity index (χ1n) is 8.45. The third-order valence-electron chi connectivity index (χ3n) is 4.12. The SMILES string of the molecule is COc1ccc(OCCC(=O)NCC(N2CCNCC2)C(F)(F)F)cc1. The summed E-state index contributed by atoms with van der Waals surface area (Å²) < 4.78 is 50.2. The van der Waals surface area contributed by atoms with Gasteiger partial charge in [-0.1, -0.05) is 0 Å². The van der Waals surface area contributed by atoms with Gasteiger partial charge in [-0.3, -0.25) is 9.69 Å². The fourth-order valence-electron chi connectivity index (χ4n) is 2.68. The number of rotatable bonds is 8. The molecule has 0 bridgehead atoms. The van der Waals surface area contributed by atoms with E-state index in [2.05, 4.69) is 10.6 Å². The number of ether oxygens (including phenoxy) is 2. The van der Waals surface area contributed by atoms with Crippen LogP contribution in [0.1, 0.15) is 6.42 Å². The van der Waals surface area contributed by atoms with Gasteiger partial charge in [-0.25, -0.2) is 0 Å². The van der Waals surface area contributed by atoms with E-state index in [1.54, 1.807) is 31.4 Å². The van der Waals surface area contributed by atoms with Crippen molar-refractivity contribution < 1.29 is 27.4 Å². The summed E-state index contributed by atoms with van der Waals surface area (Å²) in [5, 5.41) is 5.39. The minimum atomic E-state index is -4.38. The second-order valence-electron chi connectivity index (χ2n) is 5.92. The van der Waals surface area contributed by atoms with Gasteiger partial charge in [0.25, 0.3) is 0 Å². The van der Waals surface area contributed by atoms with Crippen molar-refractivity contribution in [3.05, 3.63) is 24.3 Å². The van der Waals surface area contributed by atoms with Gasteiger partial charge >= 0.3 is 6.18 Å². The molecule has 1 atom stereocenters. The van der Waals surface area contributed by atoms with Gasteiger partial charge in [0.05, 0.1) is 20.1 Å². The molecule has 0 aromatic heterocycles. The highest BCUT2D eigenvalue weighted by Crippen LogP contribution is 2.24. The number of alkyl halides is 3. The molecule has 1 aliphatic heterocycles. The molecule has 0 spiro atoms. The summed E-state index contributed by atoms with van der Waals surface area (Å²) in [4.78, 5) is 13.2. The summed E-state index contributed by atoms with van der Waals surface area (Å²) in [5.41, 5.74) is 0. The number of halogens is 3. The van der Waals surface area contributed by atoms with Gasteiger partial charge in [-0.2, -0.15) is 13.2 Å². The van der Waals surface area contributed by atoms with Crippen molar-refractivity contribution in [2.75, 3.05) is 46.4 Å². The Morgan fingerprint density at radius 2 is 1.85 bits per heavy atom. The van der Waals surface area contributed by atoms with Gasteiger partial charge in [0.15, 0.2) is 0 Å².